The van der Waals surface area contributed by atoms with Gasteiger partial charge in [0.05, 0.1) is 17.6 Å². The molecule has 136 valence electrons. The molecule has 0 aromatic heterocycles. The monoisotopic (exact) mass is 356 g/mol. The lowest BCUT2D eigenvalue weighted by Gasteiger charge is -2.23. The highest BCUT2D eigenvalue weighted by molar-refractivity contribution is 5.68. The van der Waals surface area contributed by atoms with Gasteiger partial charge in [0, 0.05) is 18.2 Å². The van der Waals surface area contributed by atoms with Crippen molar-refractivity contribution in [1.29, 1.82) is 0 Å². The molecule has 1 fully saturated rings. The Labute approximate surface area is 151 Å². The van der Waals surface area contributed by atoms with Crippen LogP contribution in [0.5, 0.6) is 0 Å². The van der Waals surface area contributed by atoms with E-state index in [0.717, 1.165) is 5.56 Å². The molecule has 0 radical (unpaired) electrons. The third kappa shape index (κ3) is 4.37. The fourth-order valence-corrected chi connectivity index (χ4v) is 3.14. The number of hydrogen-bond acceptors (Lipinski definition) is 5. The number of non-ortho nitro benzene ring substituents is 1. The summed E-state index contributed by atoms with van der Waals surface area (Å²) in [5.41, 5.74) is 1.76. The zero-order chi connectivity index (χ0) is 18.5. The van der Waals surface area contributed by atoms with Crippen LogP contribution in [-0.2, 0) is 17.8 Å². The molecule has 7 heteroatoms. The predicted octanol–water partition coefficient (Wildman–Crippen LogP) is 2.91. The number of carbonyl (C=O) groups is 1. The average Bonchev–Trinajstić information content (AvgIpc) is 3.01. The highest BCUT2D eigenvalue weighted by Gasteiger charge is 2.35. The Hall–Kier alpha value is -2.93. The summed E-state index contributed by atoms with van der Waals surface area (Å²) in [6, 6.07) is 15.6. The van der Waals surface area contributed by atoms with E-state index in [0.29, 0.717) is 18.4 Å². The van der Waals surface area contributed by atoms with Crippen molar-refractivity contribution in [2.45, 2.75) is 31.6 Å². The van der Waals surface area contributed by atoms with E-state index in [4.69, 9.17) is 4.74 Å². The Kier molecular flexibility index (Phi) is 5.48. The lowest BCUT2D eigenvalue weighted by atomic mass is 10.0. The number of nitro benzene ring substituents is 1. The molecule has 2 atom stereocenters. The standard InChI is InChI=1S/C19H20N2O5/c22-18-11-17(10-14-4-2-1-3-5-14)20(12-18)19(23)26-13-15-6-8-16(9-7-15)21(24)25/h1-9,17-18,22H,10-13H2/t17-,18-/m1/s1. The number of aliphatic hydroxyl groups excluding tert-OH is 1. The predicted molar refractivity (Wildman–Crippen MR) is 94.5 cm³/mol. The number of likely N-dealkylation sites (tertiary alicyclic amines) is 1. The molecule has 0 unspecified atom stereocenters. The van der Waals surface area contributed by atoms with Crippen molar-refractivity contribution in [3.8, 4) is 0 Å². The molecule has 2 aromatic rings. The molecule has 1 aliphatic heterocycles. The Bertz CT molecular complexity index is 763. The van der Waals surface area contributed by atoms with E-state index in [1.807, 2.05) is 30.3 Å². The van der Waals surface area contributed by atoms with E-state index in [-0.39, 0.29) is 24.9 Å². The molecule has 0 bridgehead atoms. The van der Waals surface area contributed by atoms with E-state index in [2.05, 4.69) is 0 Å². The maximum Gasteiger partial charge on any atom is 0.410 e. The molecule has 26 heavy (non-hydrogen) atoms. The largest absolute Gasteiger partial charge is 0.445 e. The van der Waals surface area contributed by atoms with Crippen molar-refractivity contribution in [1.82, 2.24) is 4.90 Å². The van der Waals surface area contributed by atoms with E-state index in [1.54, 1.807) is 17.0 Å². The van der Waals surface area contributed by atoms with Crippen LogP contribution in [0.1, 0.15) is 17.5 Å². The van der Waals surface area contributed by atoms with Crippen LogP contribution in [-0.4, -0.2) is 39.7 Å². The number of rotatable bonds is 5. The molecule has 1 N–H and O–H groups in total. The maximum atomic E-state index is 12.4. The quantitative estimate of drug-likeness (QED) is 0.657. The van der Waals surface area contributed by atoms with Crippen LogP contribution < -0.4 is 0 Å². The Balaban J connectivity index is 1.59. The number of ether oxygens (including phenoxy) is 1. The highest BCUT2D eigenvalue weighted by atomic mass is 16.6. The summed E-state index contributed by atoms with van der Waals surface area (Å²) in [4.78, 5) is 24.2. The van der Waals surface area contributed by atoms with Crippen molar-refractivity contribution in [3.05, 3.63) is 75.8 Å². The minimum atomic E-state index is -0.560. The Morgan fingerprint density at radius 2 is 1.85 bits per heavy atom. The van der Waals surface area contributed by atoms with Crippen molar-refractivity contribution >= 4 is 11.8 Å². The molecule has 0 saturated carbocycles. The SMILES string of the molecule is O=C(OCc1ccc([N+](=O)[O-])cc1)N1C[C@H](O)C[C@H]1Cc1ccccc1. The summed E-state index contributed by atoms with van der Waals surface area (Å²) in [6.45, 7) is 0.276. The van der Waals surface area contributed by atoms with Crippen LogP contribution >= 0.6 is 0 Å². The number of benzene rings is 2. The molecule has 2 aromatic carbocycles. The van der Waals surface area contributed by atoms with Crippen LogP contribution in [0.25, 0.3) is 0 Å². The smallest absolute Gasteiger partial charge is 0.410 e. The van der Waals surface area contributed by atoms with Gasteiger partial charge >= 0.3 is 6.09 Å². The molecule has 1 heterocycles. The van der Waals surface area contributed by atoms with Gasteiger partial charge in [0.15, 0.2) is 0 Å². The first-order valence-corrected chi connectivity index (χ1v) is 8.41. The van der Waals surface area contributed by atoms with Gasteiger partial charge in [-0.25, -0.2) is 4.79 Å². The van der Waals surface area contributed by atoms with Crippen molar-refractivity contribution in [2.24, 2.45) is 0 Å². The molecule has 0 spiro atoms. The summed E-state index contributed by atoms with van der Waals surface area (Å²) in [5, 5.41) is 20.6. The highest BCUT2D eigenvalue weighted by Crippen LogP contribution is 2.23. The van der Waals surface area contributed by atoms with Gasteiger partial charge in [-0.3, -0.25) is 10.1 Å². The molecule has 3 rings (SSSR count). The molecule has 1 amide bonds. The topological polar surface area (TPSA) is 92.9 Å². The van der Waals surface area contributed by atoms with Crippen LogP contribution in [0.2, 0.25) is 0 Å². The van der Waals surface area contributed by atoms with Crippen molar-refractivity contribution < 1.29 is 19.6 Å². The van der Waals surface area contributed by atoms with E-state index < -0.39 is 17.1 Å². The van der Waals surface area contributed by atoms with Crippen LogP contribution in [0.3, 0.4) is 0 Å². The number of hydrogen-bond donors (Lipinski definition) is 1. The Morgan fingerprint density at radius 1 is 1.15 bits per heavy atom. The second kappa shape index (κ2) is 7.97. The second-order valence-electron chi connectivity index (χ2n) is 6.36. The third-order valence-electron chi connectivity index (χ3n) is 4.45. The average molecular weight is 356 g/mol. The fourth-order valence-electron chi connectivity index (χ4n) is 3.14. The van der Waals surface area contributed by atoms with Crippen LogP contribution in [0.15, 0.2) is 54.6 Å². The first kappa shape index (κ1) is 17.9. The lowest BCUT2D eigenvalue weighted by Crippen LogP contribution is -2.37. The van der Waals surface area contributed by atoms with Gasteiger partial charge in [0.25, 0.3) is 5.69 Å². The van der Waals surface area contributed by atoms with Crippen molar-refractivity contribution in [3.63, 3.8) is 0 Å². The van der Waals surface area contributed by atoms with Gasteiger partial charge in [-0.15, -0.1) is 0 Å². The maximum absolute atomic E-state index is 12.4. The number of amides is 1. The Morgan fingerprint density at radius 3 is 2.50 bits per heavy atom. The van der Waals surface area contributed by atoms with E-state index in [9.17, 15) is 20.0 Å². The lowest BCUT2D eigenvalue weighted by molar-refractivity contribution is -0.384. The summed E-state index contributed by atoms with van der Waals surface area (Å²) in [6.07, 6.45) is 0.128. The number of aliphatic hydroxyl groups is 1. The van der Waals surface area contributed by atoms with E-state index in [1.165, 1.54) is 12.1 Å². The number of β-amino-alcohol motifs (C(OH)–C–C–N with tert-alkyl or cyclic N) is 1. The summed E-state index contributed by atoms with van der Waals surface area (Å²) in [7, 11) is 0. The summed E-state index contributed by atoms with van der Waals surface area (Å²) < 4.78 is 5.33. The van der Waals surface area contributed by atoms with E-state index >= 15 is 0 Å². The van der Waals surface area contributed by atoms with Gasteiger partial charge in [0.1, 0.15) is 6.61 Å². The summed E-state index contributed by atoms with van der Waals surface area (Å²) >= 11 is 0. The summed E-state index contributed by atoms with van der Waals surface area (Å²) in [5.74, 6) is 0. The van der Waals surface area contributed by atoms with Gasteiger partial charge in [-0.1, -0.05) is 30.3 Å². The normalized spacial score (nSPS) is 19.3. The zero-order valence-corrected chi connectivity index (χ0v) is 14.2. The number of nitrogens with zero attached hydrogens (tertiary/aromatic N) is 2. The third-order valence-corrected chi connectivity index (χ3v) is 4.45. The minimum absolute atomic E-state index is 0.00864. The first-order valence-electron chi connectivity index (χ1n) is 8.41. The minimum Gasteiger partial charge on any atom is -0.445 e. The van der Waals surface area contributed by atoms with Gasteiger partial charge in [-0.05, 0) is 36.1 Å². The van der Waals surface area contributed by atoms with Crippen molar-refractivity contribution in [2.75, 3.05) is 6.54 Å². The zero-order valence-electron chi connectivity index (χ0n) is 14.2. The van der Waals surface area contributed by atoms with Gasteiger partial charge < -0.3 is 14.7 Å². The van der Waals surface area contributed by atoms with Gasteiger partial charge in [-0.2, -0.15) is 0 Å². The van der Waals surface area contributed by atoms with Crippen LogP contribution in [0.4, 0.5) is 10.5 Å². The molecule has 1 saturated heterocycles. The number of nitro groups is 1. The number of carbonyl (C=O) groups excluding carboxylic acids is 1. The van der Waals surface area contributed by atoms with Gasteiger partial charge in [0.2, 0.25) is 0 Å². The molecular weight excluding hydrogens is 336 g/mol. The fraction of sp³-hybridized carbons (Fsp3) is 0.316. The second-order valence-corrected chi connectivity index (χ2v) is 6.36. The molecular formula is C19H20N2O5. The first-order chi connectivity index (χ1) is 12.5. The molecule has 0 aliphatic carbocycles. The van der Waals surface area contributed by atoms with Crippen LogP contribution in [0, 0.1) is 10.1 Å². The molecule has 1 aliphatic rings. The molecule has 7 nitrogen and oxygen atoms in total.